The quantitative estimate of drug-likeness (QED) is 0.842. The summed E-state index contributed by atoms with van der Waals surface area (Å²) < 4.78 is 5.50. The van der Waals surface area contributed by atoms with Gasteiger partial charge in [-0.1, -0.05) is 31.4 Å². The SMILES string of the molecule is CC(=O)c1cc(Cl)ccc1OCC(=O)N[C@H]1CCCC[C@H]1C. The van der Waals surface area contributed by atoms with Gasteiger partial charge in [0.1, 0.15) is 5.75 Å². The Morgan fingerprint density at radius 3 is 2.73 bits per heavy atom. The van der Waals surface area contributed by atoms with Crippen LogP contribution in [0.25, 0.3) is 0 Å². The van der Waals surface area contributed by atoms with E-state index in [9.17, 15) is 9.59 Å². The van der Waals surface area contributed by atoms with E-state index in [0.717, 1.165) is 19.3 Å². The Kier molecular flexibility index (Phi) is 5.83. The molecule has 0 radical (unpaired) electrons. The molecule has 0 bridgehead atoms. The number of halogens is 1. The highest BCUT2D eigenvalue weighted by Crippen LogP contribution is 2.25. The Bertz CT molecular complexity index is 559. The first-order valence-corrected chi connectivity index (χ1v) is 8.08. The maximum atomic E-state index is 12.0. The van der Waals surface area contributed by atoms with Crippen LogP contribution in [0, 0.1) is 5.92 Å². The van der Waals surface area contributed by atoms with E-state index in [2.05, 4.69) is 12.2 Å². The van der Waals surface area contributed by atoms with E-state index in [1.54, 1.807) is 18.2 Å². The molecule has 22 heavy (non-hydrogen) atoms. The molecule has 1 aromatic rings. The highest BCUT2D eigenvalue weighted by Gasteiger charge is 2.23. The molecule has 1 aliphatic rings. The number of nitrogens with one attached hydrogen (secondary N) is 1. The van der Waals surface area contributed by atoms with E-state index in [4.69, 9.17) is 16.3 Å². The molecule has 2 atom stereocenters. The summed E-state index contributed by atoms with van der Waals surface area (Å²) in [6, 6.07) is 5.04. The summed E-state index contributed by atoms with van der Waals surface area (Å²) in [6.07, 6.45) is 4.56. The van der Waals surface area contributed by atoms with Gasteiger partial charge in [-0.05, 0) is 43.9 Å². The van der Waals surface area contributed by atoms with Gasteiger partial charge in [0.25, 0.3) is 5.91 Å². The third-order valence-electron chi connectivity index (χ3n) is 4.14. The fraction of sp³-hybridized carbons (Fsp3) is 0.529. The molecule has 1 saturated carbocycles. The van der Waals surface area contributed by atoms with Crippen molar-refractivity contribution >= 4 is 23.3 Å². The molecule has 1 aromatic carbocycles. The second-order valence-corrected chi connectivity index (χ2v) is 6.36. The van der Waals surface area contributed by atoms with Crippen LogP contribution in [0.5, 0.6) is 5.75 Å². The van der Waals surface area contributed by atoms with Crippen LogP contribution in [0.3, 0.4) is 0 Å². The zero-order valence-electron chi connectivity index (χ0n) is 13.0. The van der Waals surface area contributed by atoms with Crippen LogP contribution in [0.15, 0.2) is 18.2 Å². The van der Waals surface area contributed by atoms with Crippen LogP contribution >= 0.6 is 11.6 Å². The van der Waals surface area contributed by atoms with Crippen LogP contribution in [0.4, 0.5) is 0 Å². The average molecular weight is 324 g/mol. The summed E-state index contributed by atoms with van der Waals surface area (Å²) in [7, 11) is 0. The van der Waals surface area contributed by atoms with E-state index in [1.807, 2.05) is 0 Å². The third kappa shape index (κ3) is 4.47. The van der Waals surface area contributed by atoms with Crippen molar-refractivity contribution in [3.63, 3.8) is 0 Å². The number of hydrogen-bond donors (Lipinski definition) is 1. The number of ether oxygens (including phenoxy) is 1. The summed E-state index contributed by atoms with van der Waals surface area (Å²) in [5.74, 6) is 0.603. The minimum absolute atomic E-state index is 0.0921. The van der Waals surface area contributed by atoms with Crippen molar-refractivity contribution in [1.29, 1.82) is 0 Å². The number of rotatable bonds is 5. The van der Waals surface area contributed by atoms with Crippen molar-refractivity contribution in [2.75, 3.05) is 6.61 Å². The number of ketones is 1. The summed E-state index contributed by atoms with van der Waals surface area (Å²) >= 11 is 5.88. The van der Waals surface area contributed by atoms with E-state index in [-0.39, 0.29) is 24.3 Å². The van der Waals surface area contributed by atoms with Gasteiger partial charge >= 0.3 is 0 Å². The normalized spacial score (nSPS) is 21.2. The first-order valence-electron chi connectivity index (χ1n) is 7.70. The van der Waals surface area contributed by atoms with Gasteiger partial charge in [0.2, 0.25) is 0 Å². The van der Waals surface area contributed by atoms with Crippen molar-refractivity contribution in [2.24, 2.45) is 5.92 Å². The lowest BCUT2D eigenvalue weighted by Gasteiger charge is -2.29. The van der Waals surface area contributed by atoms with Crippen molar-refractivity contribution in [3.8, 4) is 5.75 Å². The molecule has 0 aromatic heterocycles. The molecule has 4 nitrogen and oxygen atoms in total. The molecule has 1 aliphatic carbocycles. The molecule has 0 heterocycles. The minimum atomic E-state index is -0.150. The topological polar surface area (TPSA) is 55.4 Å². The predicted octanol–water partition coefficient (Wildman–Crippen LogP) is 3.62. The smallest absolute Gasteiger partial charge is 0.258 e. The lowest BCUT2D eigenvalue weighted by Crippen LogP contribution is -2.43. The van der Waals surface area contributed by atoms with Crippen molar-refractivity contribution in [2.45, 2.75) is 45.6 Å². The van der Waals surface area contributed by atoms with Gasteiger partial charge in [0.15, 0.2) is 12.4 Å². The highest BCUT2D eigenvalue weighted by atomic mass is 35.5. The van der Waals surface area contributed by atoms with E-state index in [0.29, 0.717) is 22.3 Å². The maximum absolute atomic E-state index is 12.0. The molecule has 120 valence electrons. The Morgan fingerprint density at radius 2 is 2.05 bits per heavy atom. The third-order valence-corrected chi connectivity index (χ3v) is 4.37. The first kappa shape index (κ1) is 16.8. The average Bonchev–Trinajstić information content (AvgIpc) is 2.48. The second kappa shape index (κ2) is 7.63. The number of Topliss-reactive ketones (excluding diaryl/α,β-unsaturated/α-hetero) is 1. The van der Waals surface area contributed by atoms with Gasteiger partial charge in [0, 0.05) is 11.1 Å². The van der Waals surface area contributed by atoms with E-state index < -0.39 is 0 Å². The van der Waals surface area contributed by atoms with Crippen molar-refractivity contribution in [3.05, 3.63) is 28.8 Å². The van der Waals surface area contributed by atoms with Gasteiger partial charge in [-0.15, -0.1) is 0 Å². The number of benzene rings is 1. The molecule has 1 amide bonds. The molecular formula is C17H22ClNO3. The Hall–Kier alpha value is -1.55. The van der Waals surface area contributed by atoms with Crippen LogP contribution in [-0.4, -0.2) is 24.3 Å². The molecule has 5 heteroatoms. The van der Waals surface area contributed by atoms with Gasteiger partial charge in [-0.25, -0.2) is 0 Å². The fourth-order valence-electron chi connectivity index (χ4n) is 2.83. The van der Waals surface area contributed by atoms with Gasteiger partial charge in [0.05, 0.1) is 5.56 Å². The van der Waals surface area contributed by atoms with Gasteiger partial charge in [-0.3, -0.25) is 9.59 Å². The Balaban J connectivity index is 1.92. The number of carbonyl (C=O) groups excluding carboxylic acids is 2. The van der Waals surface area contributed by atoms with Crippen molar-refractivity contribution in [1.82, 2.24) is 5.32 Å². The zero-order valence-corrected chi connectivity index (χ0v) is 13.8. The number of carbonyl (C=O) groups is 2. The molecule has 2 rings (SSSR count). The molecule has 0 unspecified atom stereocenters. The zero-order chi connectivity index (χ0) is 16.1. The Morgan fingerprint density at radius 1 is 1.32 bits per heavy atom. The van der Waals surface area contributed by atoms with E-state index >= 15 is 0 Å². The minimum Gasteiger partial charge on any atom is -0.483 e. The lowest BCUT2D eigenvalue weighted by atomic mass is 9.86. The van der Waals surface area contributed by atoms with Crippen molar-refractivity contribution < 1.29 is 14.3 Å². The van der Waals surface area contributed by atoms with E-state index in [1.165, 1.54) is 13.3 Å². The fourth-order valence-corrected chi connectivity index (χ4v) is 3.00. The Labute approximate surface area is 136 Å². The van der Waals surface area contributed by atoms with Crippen LogP contribution in [0.2, 0.25) is 5.02 Å². The molecule has 1 fully saturated rings. The van der Waals surface area contributed by atoms with Crippen LogP contribution in [-0.2, 0) is 4.79 Å². The largest absolute Gasteiger partial charge is 0.483 e. The summed E-state index contributed by atoms with van der Waals surface area (Å²) in [5.41, 5.74) is 0.395. The van der Waals surface area contributed by atoms with Crippen LogP contribution < -0.4 is 10.1 Å². The van der Waals surface area contributed by atoms with Gasteiger partial charge in [-0.2, -0.15) is 0 Å². The standard InChI is InChI=1S/C17H22ClNO3/c1-11-5-3-4-6-15(11)19-17(21)10-22-16-8-7-13(18)9-14(16)12(2)20/h7-9,11,15H,3-6,10H2,1-2H3,(H,19,21)/t11-,15+/m1/s1. The predicted molar refractivity (Wildman–Crippen MR) is 86.5 cm³/mol. The number of amides is 1. The first-order chi connectivity index (χ1) is 10.5. The molecule has 1 N–H and O–H groups in total. The number of hydrogen-bond acceptors (Lipinski definition) is 3. The maximum Gasteiger partial charge on any atom is 0.258 e. The lowest BCUT2D eigenvalue weighted by molar-refractivity contribution is -0.124. The van der Waals surface area contributed by atoms with Gasteiger partial charge < -0.3 is 10.1 Å². The molecular weight excluding hydrogens is 302 g/mol. The second-order valence-electron chi connectivity index (χ2n) is 5.92. The molecule has 0 aliphatic heterocycles. The highest BCUT2D eigenvalue weighted by molar-refractivity contribution is 6.31. The summed E-state index contributed by atoms with van der Waals surface area (Å²) in [4.78, 5) is 23.6. The monoisotopic (exact) mass is 323 g/mol. The summed E-state index contributed by atoms with van der Waals surface area (Å²) in [5, 5.41) is 3.49. The molecule has 0 saturated heterocycles. The van der Waals surface area contributed by atoms with Crippen LogP contribution in [0.1, 0.15) is 49.9 Å². The summed E-state index contributed by atoms with van der Waals surface area (Å²) in [6.45, 7) is 3.52. The molecule has 0 spiro atoms.